The summed E-state index contributed by atoms with van der Waals surface area (Å²) >= 11 is 0. The van der Waals surface area contributed by atoms with Gasteiger partial charge in [0.1, 0.15) is 17.5 Å². The second-order valence-electron chi connectivity index (χ2n) is 4.84. The van der Waals surface area contributed by atoms with Gasteiger partial charge in [0.25, 0.3) is 0 Å². The molecule has 0 amide bonds. The maximum absolute atomic E-state index is 13.5. The Balaban J connectivity index is 2.40. The van der Waals surface area contributed by atoms with Gasteiger partial charge in [-0.25, -0.2) is 0 Å². The van der Waals surface area contributed by atoms with Gasteiger partial charge in [-0.1, -0.05) is 0 Å². The Morgan fingerprint density at radius 3 is 2.33 bits per heavy atom. The molecule has 2 rings (SSSR count). The lowest BCUT2D eigenvalue weighted by molar-refractivity contribution is -0.188. The van der Waals surface area contributed by atoms with Crippen LogP contribution >= 0.6 is 0 Å². The molecule has 0 saturated carbocycles. The molecule has 4 nitrogen and oxygen atoms in total. The normalized spacial score (nSPS) is 18.3. The third-order valence-electron chi connectivity index (χ3n) is 3.56. The van der Waals surface area contributed by atoms with Crippen molar-refractivity contribution in [1.29, 1.82) is 0 Å². The van der Waals surface area contributed by atoms with E-state index in [9.17, 15) is 13.2 Å². The Morgan fingerprint density at radius 2 is 1.81 bits per heavy atom. The van der Waals surface area contributed by atoms with Crippen LogP contribution in [-0.4, -0.2) is 51.5 Å². The number of nitrogens with zero attached hydrogens (tertiary/aromatic N) is 1. The standard InChI is InChI=1S/C14H19F3N2O2/c1-20-10-3-4-11(12(9-10)21-2)13(14(15,16)17)19-7-5-18-6-8-19/h3-4,9,13,18H,5-8H2,1-2H3/t13-/m1/s1. The van der Waals surface area contributed by atoms with Gasteiger partial charge in [0.2, 0.25) is 0 Å². The Bertz CT molecular complexity index is 474. The van der Waals surface area contributed by atoms with Crippen LogP contribution in [0.3, 0.4) is 0 Å². The van der Waals surface area contributed by atoms with Gasteiger partial charge < -0.3 is 14.8 Å². The molecule has 0 aromatic heterocycles. The summed E-state index contributed by atoms with van der Waals surface area (Å²) in [5.41, 5.74) is 0.118. The number of ether oxygens (including phenoxy) is 2. The van der Waals surface area contributed by atoms with E-state index in [-0.39, 0.29) is 11.3 Å². The third-order valence-corrected chi connectivity index (χ3v) is 3.56. The van der Waals surface area contributed by atoms with E-state index >= 15 is 0 Å². The van der Waals surface area contributed by atoms with E-state index in [1.54, 1.807) is 0 Å². The summed E-state index contributed by atoms with van der Waals surface area (Å²) in [7, 11) is 2.83. The molecule has 0 spiro atoms. The number of hydrogen-bond donors (Lipinski definition) is 1. The van der Waals surface area contributed by atoms with E-state index in [4.69, 9.17) is 9.47 Å². The van der Waals surface area contributed by atoms with Crippen molar-refractivity contribution in [2.75, 3.05) is 40.4 Å². The van der Waals surface area contributed by atoms with Gasteiger partial charge in [-0.2, -0.15) is 13.2 Å². The van der Waals surface area contributed by atoms with Gasteiger partial charge in [-0.05, 0) is 12.1 Å². The van der Waals surface area contributed by atoms with Crippen molar-refractivity contribution in [2.24, 2.45) is 0 Å². The van der Waals surface area contributed by atoms with Crippen LogP contribution in [-0.2, 0) is 0 Å². The highest BCUT2D eigenvalue weighted by Gasteiger charge is 2.46. The van der Waals surface area contributed by atoms with Crippen molar-refractivity contribution in [2.45, 2.75) is 12.2 Å². The van der Waals surface area contributed by atoms with E-state index in [1.165, 1.54) is 37.3 Å². The highest BCUT2D eigenvalue weighted by atomic mass is 19.4. The van der Waals surface area contributed by atoms with Crippen LogP contribution in [0.5, 0.6) is 11.5 Å². The number of halogens is 3. The fourth-order valence-electron chi connectivity index (χ4n) is 2.56. The number of alkyl halides is 3. The van der Waals surface area contributed by atoms with E-state index in [0.29, 0.717) is 31.9 Å². The van der Waals surface area contributed by atoms with Crippen molar-refractivity contribution in [3.05, 3.63) is 23.8 Å². The zero-order valence-electron chi connectivity index (χ0n) is 12.0. The minimum absolute atomic E-state index is 0.118. The van der Waals surface area contributed by atoms with Crippen molar-refractivity contribution >= 4 is 0 Å². The first-order chi connectivity index (χ1) is 9.97. The predicted octanol–water partition coefficient (Wildman–Crippen LogP) is 2.21. The number of piperazine rings is 1. The molecule has 1 fully saturated rings. The maximum atomic E-state index is 13.5. The van der Waals surface area contributed by atoms with Crippen LogP contribution in [0, 0.1) is 0 Å². The molecule has 0 unspecified atom stereocenters. The number of nitrogens with one attached hydrogen (secondary N) is 1. The summed E-state index contributed by atoms with van der Waals surface area (Å²) in [5, 5.41) is 3.06. The van der Waals surface area contributed by atoms with E-state index in [2.05, 4.69) is 5.32 Å². The van der Waals surface area contributed by atoms with Crippen LogP contribution in [0.25, 0.3) is 0 Å². The predicted molar refractivity (Wildman–Crippen MR) is 72.8 cm³/mol. The fraction of sp³-hybridized carbons (Fsp3) is 0.571. The summed E-state index contributed by atoms with van der Waals surface area (Å²) in [5.74, 6) is 0.659. The smallest absolute Gasteiger partial charge is 0.408 e. The van der Waals surface area contributed by atoms with Gasteiger partial charge in [0.15, 0.2) is 0 Å². The van der Waals surface area contributed by atoms with Gasteiger partial charge in [-0.15, -0.1) is 0 Å². The summed E-state index contributed by atoms with van der Waals surface area (Å²) in [6.07, 6.45) is -4.36. The molecule has 0 aliphatic carbocycles. The average Bonchev–Trinajstić information content (AvgIpc) is 2.47. The molecule has 0 bridgehead atoms. The first-order valence-corrected chi connectivity index (χ1v) is 6.70. The number of hydrogen-bond acceptors (Lipinski definition) is 4. The lowest BCUT2D eigenvalue weighted by Gasteiger charge is -2.36. The Hall–Kier alpha value is -1.47. The summed E-state index contributed by atoms with van der Waals surface area (Å²) in [6, 6.07) is 2.77. The largest absolute Gasteiger partial charge is 0.497 e. The lowest BCUT2D eigenvalue weighted by atomic mass is 10.0. The SMILES string of the molecule is COc1ccc([C@@H](N2CCNCC2)C(F)(F)F)c(OC)c1. The van der Waals surface area contributed by atoms with Crippen LogP contribution in [0.4, 0.5) is 13.2 Å². The molecule has 1 heterocycles. The molecule has 7 heteroatoms. The summed E-state index contributed by atoms with van der Waals surface area (Å²) in [4.78, 5) is 1.43. The fourth-order valence-corrected chi connectivity index (χ4v) is 2.56. The molecular formula is C14H19F3N2O2. The highest BCUT2D eigenvalue weighted by molar-refractivity contribution is 5.43. The van der Waals surface area contributed by atoms with Crippen molar-refractivity contribution in [3.8, 4) is 11.5 Å². The minimum atomic E-state index is -4.36. The van der Waals surface area contributed by atoms with Crippen molar-refractivity contribution < 1.29 is 22.6 Å². The van der Waals surface area contributed by atoms with Crippen LogP contribution < -0.4 is 14.8 Å². The van der Waals surface area contributed by atoms with Crippen molar-refractivity contribution in [3.63, 3.8) is 0 Å². The molecule has 1 saturated heterocycles. The maximum Gasteiger partial charge on any atom is 0.408 e. The average molecular weight is 304 g/mol. The number of methoxy groups -OCH3 is 2. The van der Waals surface area contributed by atoms with E-state index in [0.717, 1.165) is 0 Å². The van der Waals surface area contributed by atoms with Crippen molar-refractivity contribution in [1.82, 2.24) is 10.2 Å². The Kier molecular flexibility index (Phi) is 4.95. The van der Waals surface area contributed by atoms with Crippen LogP contribution in [0.15, 0.2) is 18.2 Å². The number of benzene rings is 1. The molecule has 1 aliphatic rings. The molecule has 0 radical (unpaired) electrons. The molecule has 1 atom stereocenters. The third kappa shape index (κ3) is 3.59. The molecule has 1 aromatic rings. The van der Waals surface area contributed by atoms with E-state index < -0.39 is 12.2 Å². The molecular weight excluding hydrogens is 285 g/mol. The number of rotatable bonds is 4. The lowest BCUT2D eigenvalue weighted by Crippen LogP contribution is -2.49. The highest BCUT2D eigenvalue weighted by Crippen LogP contribution is 2.42. The summed E-state index contributed by atoms with van der Waals surface area (Å²) < 4.78 is 50.8. The molecule has 1 aromatic carbocycles. The topological polar surface area (TPSA) is 33.7 Å². The molecule has 1 N–H and O–H groups in total. The monoisotopic (exact) mass is 304 g/mol. The van der Waals surface area contributed by atoms with Gasteiger partial charge in [0.05, 0.1) is 14.2 Å². The molecule has 1 aliphatic heterocycles. The quantitative estimate of drug-likeness (QED) is 0.925. The Labute approximate surface area is 121 Å². The zero-order valence-corrected chi connectivity index (χ0v) is 12.0. The first kappa shape index (κ1) is 15.9. The second-order valence-corrected chi connectivity index (χ2v) is 4.84. The van der Waals surface area contributed by atoms with Gasteiger partial charge in [0, 0.05) is 37.8 Å². The van der Waals surface area contributed by atoms with Crippen LogP contribution in [0.2, 0.25) is 0 Å². The minimum Gasteiger partial charge on any atom is -0.497 e. The van der Waals surface area contributed by atoms with Crippen LogP contribution in [0.1, 0.15) is 11.6 Å². The molecule has 21 heavy (non-hydrogen) atoms. The summed E-state index contributed by atoms with van der Waals surface area (Å²) in [6.45, 7) is 1.79. The Morgan fingerprint density at radius 1 is 1.14 bits per heavy atom. The second kappa shape index (κ2) is 6.53. The zero-order chi connectivity index (χ0) is 15.5. The molecule has 118 valence electrons. The van der Waals surface area contributed by atoms with Gasteiger partial charge in [-0.3, -0.25) is 4.90 Å². The van der Waals surface area contributed by atoms with E-state index in [1.807, 2.05) is 0 Å². The van der Waals surface area contributed by atoms with Gasteiger partial charge >= 0.3 is 6.18 Å². The first-order valence-electron chi connectivity index (χ1n) is 6.70.